The number of carboxylic acids is 1. The SMILES string of the molecule is CCCCCCCCCCCC(=O)[O-].CCOCC[N+](C)(C)CC. The average molecular weight is 346 g/mol. The van der Waals surface area contributed by atoms with E-state index in [1.807, 2.05) is 6.92 Å². The predicted molar refractivity (Wildman–Crippen MR) is 101 cm³/mol. The molecule has 0 spiro atoms. The summed E-state index contributed by atoms with van der Waals surface area (Å²) < 4.78 is 6.31. The first-order valence-corrected chi connectivity index (χ1v) is 9.99. The third-order valence-corrected chi connectivity index (χ3v) is 4.39. The Morgan fingerprint density at radius 1 is 0.875 bits per heavy atom. The van der Waals surface area contributed by atoms with E-state index in [0.29, 0.717) is 0 Å². The molecule has 0 atom stereocenters. The first-order chi connectivity index (χ1) is 11.4. The van der Waals surface area contributed by atoms with Crippen molar-refractivity contribution in [3.63, 3.8) is 0 Å². The van der Waals surface area contributed by atoms with Crippen molar-refractivity contribution in [1.82, 2.24) is 0 Å². The van der Waals surface area contributed by atoms with Crippen molar-refractivity contribution in [2.45, 2.75) is 85.0 Å². The van der Waals surface area contributed by atoms with E-state index in [2.05, 4.69) is 27.9 Å². The third kappa shape index (κ3) is 23.7. The van der Waals surface area contributed by atoms with Gasteiger partial charge in [0.15, 0.2) is 0 Å². The molecule has 0 saturated heterocycles. The second-order valence-corrected chi connectivity index (χ2v) is 7.12. The number of likely N-dealkylation sites (N-methyl/N-ethyl adjacent to an activating group) is 1. The molecule has 4 nitrogen and oxygen atoms in total. The molecule has 0 aromatic heterocycles. The summed E-state index contributed by atoms with van der Waals surface area (Å²) in [6.45, 7) is 10.5. The molecule has 0 unspecified atom stereocenters. The zero-order valence-electron chi connectivity index (χ0n) is 17.1. The standard InChI is InChI=1S/C12H24O2.C8H20NO/c1-2-3-4-5-6-7-8-9-10-11-12(13)14;1-5-9(3,4)7-8-10-6-2/h2-11H2,1H3,(H,13,14);5-8H2,1-4H3/q;+1/p-1. The Kier molecular flexibility index (Phi) is 20.0. The van der Waals surface area contributed by atoms with Crippen LogP contribution in [-0.2, 0) is 9.53 Å². The molecule has 0 aromatic rings. The van der Waals surface area contributed by atoms with Crippen molar-refractivity contribution >= 4 is 5.97 Å². The van der Waals surface area contributed by atoms with Gasteiger partial charge in [0.1, 0.15) is 6.54 Å². The summed E-state index contributed by atoms with van der Waals surface area (Å²) in [5.41, 5.74) is 0. The zero-order chi connectivity index (χ0) is 18.7. The monoisotopic (exact) mass is 345 g/mol. The topological polar surface area (TPSA) is 49.4 Å². The van der Waals surface area contributed by atoms with Crippen molar-refractivity contribution in [1.29, 1.82) is 0 Å². The Labute approximate surface area is 151 Å². The highest BCUT2D eigenvalue weighted by Crippen LogP contribution is 2.10. The summed E-state index contributed by atoms with van der Waals surface area (Å²) in [7, 11) is 4.44. The van der Waals surface area contributed by atoms with Crippen LogP contribution < -0.4 is 5.11 Å². The van der Waals surface area contributed by atoms with Gasteiger partial charge in [-0.3, -0.25) is 0 Å². The molecule has 0 aliphatic rings. The van der Waals surface area contributed by atoms with Gasteiger partial charge in [-0.15, -0.1) is 0 Å². The van der Waals surface area contributed by atoms with Crippen molar-refractivity contribution in [2.24, 2.45) is 0 Å². The Morgan fingerprint density at radius 3 is 1.79 bits per heavy atom. The molecule has 0 radical (unpaired) electrons. The van der Waals surface area contributed by atoms with Crippen LogP contribution in [0.4, 0.5) is 0 Å². The Bertz CT molecular complexity index is 268. The lowest BCUT2D eigenvalue weighted by atomic mass is 10.1. The largest absolute Gasteiger partial charge is 0.550 e. The molecule has 0 saturated carbocycles. The maximum absolute atomic E-state index is 10.1. The molecule has 0 amide bonds. The number of carboxylic acid groups (broad SMARTS) is 1. The van der Waals surface area contributed by atoms with Crippen LogP contribution in [0.2, 0.25) is 0 Å². The van der Waals surface area contributed by atoms with Gasteiger partial charge in [-0.05, 0) is 26.7 Å². The van der Waals surface area contributed by atoms with Gasteiger partial charge >= 0.3 is 0 Å². The second-order valence-electron chi connectivity index (χ2n) is 7.12. The van der Waals surface area contributed by atoms with Crippen LogP contribution >= 0.6 is 0 Å². The Balaban J connectivity index is 0. The number of hydrogen-bond donors (Lipinski definition) is 0. The second kappa shape index (κ2) is 18.7. The fourth-order valence-corrected chi connectivity index (χ4v) is 2.19. The van der Waals surface area contributed by atoms with Crippen LogP contribution in [0.1, 0.15) is 85.0 Å². The van der Waals surface area contributed by atoms with E-state index in [-0.39, 0.29) is 6.42 Å². The van der Waals surface area contributed by atoms with Crippen molar-refractivity contribution in [3.05, 3.63) is 0 Å². The van der Waals surface area contributed by atoms with Crippen LogP contribution in [-0.4, -0.2) is 50.9 Å². The average Bonchev–Trinajstić information content (AvgIpc) is 2.54. The fraction of sp³-hybridized carbons (Fsp3) is 0.950. The van der Waals surface area contributed by atoms with Crippen LogP contribution in [0.5, 0.6) is 0 Å². The number of carbonyl (C=O) groups is 1. The Hall–Kier alpha value is -0.610. The van der Waals surface area contributed by atoms with Gasteiger partial charge in [-0.25, -0.2) is 0 Å². The molecular weight excluding hydrogens is 302 g/mol. The summed E-state index contributed by atoms with van der Waals surface area (Å²) in [6, 6.07) is 0. The predicted octanol–water partition coefficient (Wildman–Crippen LogP) is 3.78. The quantitative estimate of drug-likeness (QED) is 0.335. The highest BCUT2D eigenvalue weighted by molar-refractivity contribution is 5.63. The Morgan fingerprint density at radius 2 is 1.38 bits per heavy atom. The molecule has 0 aromatic carbocycles. The minimum atomic E-state index is -0.909. The highest BCUT2D eigenvalue weighted by Gasteiger charge is 2.09. The fourth-order valence-electron chi connectivity index (χ4n) is 2.19. The maximum atomic E-state index is 10.1. The van der Waals surface area contributed by atoms with Crippen LogP contribution in [0.25, 0.3) is 0 Å². The van der Waals surface area contributed by atoms with E-state index in [0.717, 1.165) is 37.1 Å². The summed E-state index contributed by atoms with van der Waals surface area (Å²) in [4.78, 5) is 10.1. The lowest BCUT2D eigenvalue weighted by Gasteiger charge is -2.27. The maximum Gasteiger partial charge on any atom is 0.102 e. The molecule has 4 heteroatoms. The molecule has 0 heterocycles. The number of ether oxygens (including phenoxy) is 1. The summed E-state index contributed by atoms with van der Waals surface area (Å²) in [5.74, 6) is -0.909. The van der Waals surface area contributed by atoms with Crippen molar-refractivity contribution in [2.75, 3.05) is 40.4 Å². The van der Waals surface area contributed by atoms with E-state index in [4.69, 9.17) is 4.74 Å². The van der Waals surface area contributed by atoms with E-state index in [1.165, 1.54) is 51.5 Å². The summed E-state index contributed by atoms with van der Waals surface area (Å²) in [5, 5.41) is 10.1. The van der Waals surface area contributed by atoms with Gasteiger partial charge in [0, 0.05) is 12.6 Å². The number of hydrogen-bond acceptors (Lipinski definition) is 3. The molecule has 0 bridgehead atoms. The van der Waals surface area contributed by atoms with Gasteiger partial charge < -0.3 is 19.1 Å². The molecule has 146 valence electrons. The molecule has 0 aliphatic heterocycles. The molecule has 0 aliphatic carbocycles. The third-order valence-electron chi connectivity index (χ3n) is 4.39. The van der Waals surface area contributed by atoms with E-state index < -0.39 is 5.97 Å². The van der Waals surface area contributed by atoms with Crippen LogP contribution in [0.15, 0.2) is 0 Å². The van der Waals surface area contributed by atoms with Gasteiger partial charge in [0.2, 0.25) is 0 Å². The van der Waals surface area contributed by atoms with Crippen LogP contribution in [0, 0.1) is 0 Å². The number of carbonyl (C=O) groups excluding carboxylic acids is 1. The summed E-state index contributed by atoms with van der Waals surface area (Å²) in [6.07, 6.45) is 11.2. The normalized spacial score (nSPS) is 11.0. The van der Waals surface area contributed by atoms with Gasteiger partial charge in [0.05, 0.1) is 27.2 Å². The van der Waals surface area contributed by atoms with Gasteiger partial charge in [-0.2, -0.15) is 0 Å². The van der Waals surface area contributed by atoms with E-state index >= 15 is 0 Å². The van der Waals surface area contributed by atoms with Crippen molar-refractivity contribution < 1.29 is 19.1 Å². The summed E-state index contributed by atoms with van der Waals surface area (Å²) >= 11 is 0. The van der Waals surface area contributed by atoms with E-state index in [1.54, 1.807) is 0 Å². The number of nitrogens with zero attached hydrogens (tertiary/aromatic N) is 1. The molecular formula is C20H43NO3. The van der Waals surface area contributed by atoms with E-state index in [9.17, 15) is 9.90 Å². The molecule has 0 fully saturated rings. The first-order valence-electron chi connectivity index (χ1n) is 9.99. The molecule has 0 N–H and O–H groups in total. The first kappa shape index (κ1) is 25.6. The minimum absolute atomic E-state index is 0.232. The zero-order valence-corrected chi connectivity index (χ0v) is 17.1. The smallest absolute Gasteiger partial charge is 0.102 e. The van der Waals surface area contributed by atoms with Gasteiger partial charge in [-0.1, -0.05) is 58.3 Å². The highest BCUT2D eigenvalue weighted by atomic mass is 16.5. The minimum Gasteiger partial charge on any atom is -0.550 e. The molecule has 24 heavy (non-hydrogen) atoms. The molecule has 0 rings (SSSR count). The number of rotatable bonds is 15. The lowest BCUT2D eigenvalue weighted by molar-refractivity contribution is -0.888. The van der Waals surface area contributed by atoms with Gasteiger partial charge in [0.25, 0.3) is 0 Å². The van der Waals surface area contributed by atoms with Crippen LogP contribution in [0.3, 0.4) is 0 Å². The number of aliphatic carboxylic acids is 1. The number of unbranched alkanes of at least 4 members (excludes halogenated alkanes) is 8. The lowest BCUT2D eigenvalue weighted by Crippen LogP contribution is -2.41. The number of quaternary nitrogens is 1. The van der Waals surface area contributed by atoms with Crippen molar-refractivity contribution in [3.8, 4) is 0 Å².